The Morgan fingerprint density at radius 1 is 1.25 bits per heavy atom. The van der Waals surface area contributed by atoms with Crippen LogP contribution in [0.4, 0.5) is 4.79 Å². The molecule has 1 spiro atoms. The van der Waals surface area contributed by atoms with Crippen LogP contribution in [0.15, 0.2) is 30.3 Å². The first-order chi connectivity index (χ1) is 13.3. The molecule has 2 N–H and O–H groups in total. The number of likely N-dealkylation sites (N-methyl/N-ethyl adjacent to an activating group) is 1. The summed E-state index contributed by atoms with van der Waals surface area (Å²) >= 11 is 0. The number of hydrogen-bond donors (Lipinski definition) is 2. The van der Waals surface area contributed by atoms with Gasteiger partial charge >= 0.3 is 6.03 Å². The van der Waals surface area contributed by atoms with Gasteiger partial charge in [0, 0.05) is 6.54 Å². The second kappa shape index (κ2) is 8.31. The van der Waals surface area contributed by atoms with Gasteiger partial charge < -0.3 is 15.5 Å². The van der Waals surface area contributed by atoms with Crippen molar-refractivity contribution in [1.82, 2.24) is 20.4 Å². The van der Waals surface area contributed by atoms with E-state index in [1.54, 1.807) is 0 Å². The van der Waals surface area contributed by atoms with Gasteiger partial charge in [0.05, 0.1) is 6.04 Å². The SMILES string of the molecule is CC1CCC2(CC1)NC(=O)N(CC(=O)NCC(c1ccccc1)N(C)C)C2=O. The Bertz CT molecular complexity index is 726. The van der Waals surface area contributed by atoms with Gasteiger partial charge in [-0.2, -0.15) is 0 Å². The fourth-order valence-electron chi connectivity index (χ4n) is 4.10. The number of urea groups is 1. The van der Waals surface area contributed by atoms with E-state index in [0.29, 0.717) is 25.3 Å². The molecule has 0 radical (unpaired) electrons. The third kappa shape index (κ3) is 4.19. The van der Waals surface area contributed by atoms with E-state index >= 15 is 0 Å². The molecule has 1 atom stereocenters. The maximum Gasteiger partial charge on any atom is 0.325 e. The molecule has 1 aromatic carbocycles. The number of carbonyl (C=O) groups excluding carboxylic acids is 3. The van der Waals surface area contributed by atoms with Crippen LogP contribution in [-0.4, -0.2) is 60.4 Å². The van der Waals surface area contributed by atoms with Crippen molar-refractivity contribution in [1.29, 1.82) is 0 Å². The maximum absolute atomic E-state index is 12.9. The van der Waals surface area contributed by atoms with Crippen molar-refractivity contribution < 1.29 is 14.4 Å². The molecule has 0 bridgehead atoms. The topological polar surface area (TPSA) is 81.8 Å². The number of nitrogens with zero attached hydrogens (tertiary/aromatic N) is 2. The normalized spacial score (nSPS) is 25.9. The third-order valence-electron chi connectivity index (χ3n) is 5.98. The average Bonchev–Trinajstić information content (AvgIpc) is 2.89. The van der Waals surface area contributed by atoms with Gasteiger partial charge in [-0.15, -0.1) is 0 Å². The molecule has 7 heteroatoms. The molecular weight excluding hydrogens is 356 g/mol. The molecule has 0 aromatic heterocycles. The lowest BCUT2D eigenvalue weighted by molar-refractivity contribution is -0.136. The molecule has 1 heterocycles. The second-order valence-electron chi connectivity index (χ2n) is 8.28. The second-order valence-corrected chi connectivity index (χ2v) is 8.28. The zero-order valence-electron chi connectivity index (χ0n) is 16.9. The van der Waals surface area contributed by atoms with Gasteiger partial charge in [-0.1, -0.05) is 37.3 Å². The fourth-order valence-corrected chi connectivity index (χ4v) is 4.10. The summed E-state index contributed by atoms with van der Waals surface area (Å²) < 4.78 is 0. The van der Waals surface area contributed by atoms with Crippen molar-refractivity contribution >= 4 is 17.8 Å². The van der Waals surface area contributed by atoms with Gasteiger partial charge in [-0.25, -0.2) is 4.79 Å². The zero-order chi connectivity index (χ0) is 20.3. The summed E-state index contributed by atoms with van der Waals surface area (Å²) in [6.07, 6.45) is 3.11. The van der Waals surface area contributed by atoms with Gasteiger partial charge in [-0.05, 0) is 51.3 Å². The minimum atomic E-state index is -0.805. The summed E-state index contributed by atoms with van der Waals surface area (Å²) in [6.45, 7) is 2.33. The number of amides is 4. The first-order valence-corrected chi connectivity index (χ1v) is 9.94. The molecule has 28 heavy (non-hydrogen) atoms. The molecule has 2 aliphatic rings. The minimum absolute atomic E-state index is 0.0134. The van der Waals surface area contributed by atoms with Crippen LogP contribution in [0.25, 0.3) is 0 Å². The quantitative estimate of drug-likeness (QED) is 0.732. The molecule has 4 amide bonds. The van der Waals surface area contributed by atoms with Crippen LogP contribution in [0.2, 0.25) is 0 Å². The summed E-state index contributed by atoms with van der Waals surface area (Å²) in [5.41, 5.74) is 0.290. The van der Waals surface area contributed by atoms with Crippen molar-refractivity contribution in [2.24, 2.45) is 5.92 Å². The summed E-state index contributed by atoms with van der Waals surface area (Å²) in [7, 11) is 3.91. The third-order valence-corrected chi connectivity index (χ3v) is 5.98. The van der Waals surface area contributed by atoms with E-state index in [2.05, 4.69) is 17.6 Å². The van der Waals surface area contributed by atoms with Crippen LogP contribution in [0.1, 0.15) is 44.2 Å². The Morgan fingerprint density at radius 2 is 1.89 bits per heavy atom. The molecule has 1 unspecified atom stereocenters. The maximum atomic E-state index is 12.9. The van der Waals surface area contributed by atoms with Crippen LogP contribution < -0.4 is 10.6 Å². The summed E-state index contributed by atoms with van der Waals surface area (Å²) in [4.78, 5) is 40.8. The Kier molecular flexibility index (Phi) is 6.03. The standard InChI is InChI=1S/C21H30N4O3/c1-15-9-11-21(12-10-15)19(27)25(20(28)23-21)14-18(26)22-13-17(24(2)3)16-7-5-4-6-8-16/h4-8,15,17H,9-14H2,1-3H3,(H,22,26)(H,23,28). The number of nitrogens with one attached hydrogen (secondary N) is 2. The van der Waals surface area contributed by atoms with Gasteiger partial charge in [0.15, 0.2) is 0 Å². The highest BCUT2D eigenvalue weighted by Crippen LogP contribution is 2.36. The van der Waals surface area contributed by atoms with Crippen molar-refractivity contribution in [3.8, 4) is 0 Å². The van der Waals surface area contributed by atoms with Crippen LogP contribution in [0, 0.1) is 5.92 Å². The molecule has 2 fully saturated rings. The molecule has 1 saturated heterocycles. The number of hydrogen-bond acceptors (Lipinski definition) is 4. The molecule has 1 aliphatic heterocycles. The largest absolute Gasteiger partial charge is 0.353 e. The first-order valence-electron chi connectivity index (χ1n) is 9.94. The van der Waals surface area contributed by atoms with Gasteiger partial charge in [-0.3, -0.25) is 14.5 Å². The Morgan fingerprint density at radius 3 is 2.50 bits per heavy atom. The highest BCUT2D eigenvalue weighted by Gasteiger charge is 2.52. The Hall–Kier alpha value is -2.41. The Balaban J connectivity index is 1.58. The van der Waals surface area contributed by atoms with Crippen LogP contribution >= 0.6 is 0 Å². The van der Waals surface area contributed by atoms with E-state index in [4.69, 9.17) is 0 Å². The summed E-state index contributed by atoms with van der Waals surface area (Å²) in [6, 6.07) is 9.47. The van der Waals surface area contributed by atoms with E-state index < -0.39 is 11.6 Å². The van der Waals surface area contributed by atoms with Crippen LogP contribution in [0.3, 0.4) is 0 Å². The average molecular weight is 386 g/mol. The number of imide groups is 1. The highest BCUT2D eigenvalue weighted by atomic mass is 16.2. The van der Waals surface area contributed by atoms with E-state index in [-0.39, 0.29) is 24.4 Å². The summed E-state index contributed by atoms with van der Waals surface area (Å²) in [5, 5.41) is 5.73. The van der Waals surface area contributed by atoms with E-state index in [1.165, 1.54) is 0 Å². The van der Waals surface area contributed by atoms with Gasteiger partial charge in [0.25, 0.3) is 5.91 Å². The number of carbonyl (C=O) groups is 3. The molecule has 3 rings (SSSR count). The van der Waals surface area contributed by atoms with E-state index in [1.807, 2.05) is 49.3 Å². The number of benzene rings is 1. The lowest BCUT2D eigenvalue weighted by atomic mass is 9.77. The molecule has 1 aliphatic carbocycles. The van der Waals surface area contributed by atoms with Crippen molar-refractivity contribution in [3.63, 3.8) is 0 Å². The monoisotopic (exact) mass is 386 g/mol. The summed E-state index contributed by atoms with van der Waals surface area (Å²) in [5.74, 6) is -0.0205. The molecule has 1 aromatic rings. The molecular formula is C21H30N4O3. The minimum Gasteiger partial charge on any atom is -0.353 e. The predicted molar refractivity (Wildman–Crippen MR) is 106 cm³/mol. The van der Waals surface area contributed by atoms with Crippen LogP contribution in [-0.2, 0) is 9.59 Å². The van der Waals surface area contributed by atoms with E-state index in [9.17, 15) is 14.4 Å². The zero-order valence-corrected chi connectivity index (χ0v) is 16.9. The lowest BCUT2D eigenvalue weighted by Gasteiger charge is -2.33. The molecule has 152 valence electrons. The van der Waals surface area contributed by atoms with Crippen LogP contribution in [0.5, 0.6) is 0 Å². The smallest absolute Gasteiger partial charge is 0.325 e. The highest BCUT2D eigenvalue weighted by molar-refractivity contribution is 6.09. The first kappa shape index (κ1) is 20.3. The fraction of sp³-hybridized carbons (Fsp3) is 0.571. The molecule has 1 saturated carbocycles. The van der Waals surface area contributed by atoms with Crippen molar-refractivity contribution in [2.75, 3.05) is 27.2 Å². The predicted octanol–water partition coefficient (Wildman–Crippen LogP) is 1.91. The lowest BCUT2D eigenvalue weighted by Crippen LogP contribution is -2.50. The van der Waals surface area contributed by atoms with Crippen molar-refractivity contribution in [3.05, 3.63) is 35.9 Å². The van der Waals surface area contributed by atoms with Gasteiger partial charge in [0.2, 0.25) is 5.91 Å². The van der Waals surface area contributed by atoms with E-state index in [0.717, 1.165) is 23.3 Å². The molecule has 7 nitrogen and oxygen atoms in total. The van der Waals surface area contributed by atoms with Gasteiger partial charge in [0.1, 0.15) is 12.1 Å². The number of rotatable bonds is 6. The van der Waals surface area contributed by atoms with Crippen molar-refractivity contribution in [2.45, 2.75) is 44.2 Å². The Labute approximate surface area is 166 Å².